The maximum Gasteiger partial charge on any atom is 0.408 e. The molecule has 8 nitrogen and oxygen atoms in total. The Morgan fingerprint density at radius 1 is 1.05 bits per heavy atom. The zero-order valence-corrected chi connectivity index (χ0v) is 21.9. The summed E-state index contributed by atoms with van der Waals surface area (Å²) in [4.78, 5) is 41.1. The summed E-state index contributed by atoms with van der Waals surface area (Å²) in [5, 5.41) is 15.1. The number of nitrogens with one attached hydrogen (secondary N) is 2. The van der Waals surface area contributed by atoms with Gasteiger partial charge in [0.1, 0.15) is 24.2 Å². The average molecular weight is 503 g/mol. The zero-order chi connectivity index (χ0) is 27.6. The molecular weight excluding hydrogens is 468 g/mol. The van der Waals surface area contributed by atoms with E-state index in [2.05, 4.69) is 16.6 Å². The van der Waals surface area contributed by atoms with Crippen molar-refractivity contribution in [1.29, 1.82) is 5.26 Å². The first-order chi connectivity index (χ1) is 17.5. The van der Waals surface area contributed by atoms with Crippen LogP contribution in [0, 0.1) is 29.6 Å². The first-order valence-electron chi connectivity index (χ1n) is 12.0. The smallest absolute Gasteiger partial charge is 0.408 e. The lowest BCUT2D eigenvalue weighted by Gasteiger charge is -2.34. The van der Waals surface area contributed by atoms with E-state index in [-0.39, 0.29) is 12.5 Å². The largest absolute Gasteiger partial charge is 0.444 e. The predicted molar refractivity (Wildman–Crippen MR) is 141 cm³/mol. The SMILES string of the molecule is C#Cc1ccccc1C(C(=O)NCc1ccccc1)N(CC#N)C(=O)C(NC(=O)OC(C)(C)C)C(C)C. The molecule has 8 heteroatoms. The molecule has 194 valence electrons. The molecule has 0 aliphatic carbocycles. The Kier molecular flexibility index (Phi) is 10.3. The highest BCUT2D eigenvalue weighted by atomic mass is 16.6. The fraction of sp³-hybridized carbons (Fsp3) is 0.379. The number of amides is 3. The molecule has 0 aromatic heterocycles. The van der Waals surface area contributed by atoms with E-state index >= 15 is 0 Å². The van der Waals surface area contributed by atoms with Crippen LogP contribution >= 0.6 is 0 Å². The second-order valence-corrected chi connectivity index (χ2v) is 9.83. The summed E-state index contributed by atoms with van der Waals surface area (Å²) in [6, 6.07) is 15.8. The number of nitrogens with zero attached hydrogens (tertiary/aromatic N) is 2. The van der Waals surface area contributed by atoms with E-state index in [0.29, 0.717) is 11.1 Å². The van der Waals surface area contributed by atoms with Gasteiger partial charge < -0.3 is 20.3 Å². The highest BCUT2D eigenvalue weighted by molar-refractivity contribution is 5.92. The number of hydrogen-bond donors (Lipinski definition) is 2. The summed E-state index contributed by atoms with van der Waals surface area (Å²) < 4.78 is 5.33. The third-order valence-electron chi connectivity index (χ3n) is 5.41. The normalized spacial score (nSPS) is 12.4. The van der Waals surface area contributed by atoms with Crippen molar-refractivity contribution in [2.24, 2.45) is 5.92 Å². The lowest BCUT2D eigenvalue weighted by Crippen LogP contribution is -2.55. The molecule has 0 bridgehead atoms. The minimum atomic E-state index is -1.20. The predicted octanol–water partition coefficient (Wildman–Crippen LogP) is 3.93. The fourth-order valence-electron chi connectivity index (χ4n) is 3.70. The molecule has 2 unspecified atom stereocenters. The molecule has 0 spiro atoms. The molecule has 0 heterocycles. The average Bonchev–Trinajstić information content (AvgIpc) is 2.85. The number of rotatable bonds is 9. The Hall–Kier alpha value is -4.30. The van der Waals surface area contributed by atoms with Gasteiger partial charge in [0.2, 0.25) is 11.8 Å². The van der Waals surface area contributed by atoms with Crippen LogP contribution in [0.4, 0.5) is 4.79 Å². The molecule has 2 aromatic carbocycles. The molecule has 2 N–H and O–H groups in total. The Bertz CT molecular complexity index is 1170. The van der Waals surface area contributed by atoms with Crippen LogP contribution in [0.2, 0.25) is 0 Å². The monoisotopic (exact) mass is 502 g/mol. The quantitative estimate of drug-likeness (QED) is 0.399. The second-order valence-electron chi connectivity index (χ2n) is 9.83. The van der Waals surface area contributed by atoms with E-state index < -0.39 is 42.1 Å². The number of terminal acetylenes is 1. The van der Waals surface area contributed by atoms with Crippen LogP contribution in [-0.4, -0.2) is 41.0 Å². The van der Waals surface area contributed by atoms with Gasteiger partial charge in [0, 0.05) is 12.1 Å². The molecule has 0 aliphatic heterocycles. The maximum absolute atomic E-state index is 13.8. The van der Waals surface area contributed by atoms with Gasteiger partial charge in [0.15, 0.2) is 0 Å². The molecule has 0 aliphatic rings. The topological polar surface area (TPSA) is 112 Å². The highest BCUT2D eigenvalue weighted by Crippen LogP contribution is 2.26. The van der Waals surface area contributed by atoms with Crippen molar-refractivity contribution in [2.75, 3.05) is 6.54 Å². The van der Waals surface area contributed by atoms with Crippen LogP contribution in [0.25, 0.3) is 0 Å². The van der Waals surface area contributed by atoms with E-state index in [0.717, 1.165) is 10.5 Å². The standard InChI is InChI=1S/C29H34N4O4/c1-7-22-15-11-12-16-23(22)25(26(34)31-19-21-13-9-8-10-14-21)33(18-17-30)27(35)24(20(2)3)32-28(36)37-29(4,5)6/h1,8-16,20,24-25H,18-19H2,2-6H3,(H,31,34)(H,32,36). The van der Waals surface area contributed by atoms with Gasteiger partial charge in [-0.3, -0.25) is 9.59 Å². The minimum Gasteiger partial charge on any atom is -0.444 e. The molecular formula is C29H34N4O4. The van der Waals surface area contributed by atoms with Crippen molar-refractivity contribution in [3.05, 3.63) is 71.3 Å². The number of nitriles is 1. The molecule has 3 amide bonds. The van der Waals surface area contributed by atoms with Gasteiger partial charge in [0.25, 0.3) is 0 Å². The number of carbonyl (C=O) groups is 3. The number of benzene rings is 2. The van der Waals surface area contributed by atoms with Gasteiger partial charge in [-0.2, -0.15) is 5.26 Å². The number of carbonyl (C=O) groups excluding carboxylic acids is 3. The molecule has 2 aromatic rings. The summed E-state index contributed by atoms with van der Waals surface area (Å²) >= 11 is 0. The van der Waals surface area contributed by atoms with Crippen molar-refractivity contribution in [2.45, 2.75) is 58.8 Å². The van der Waals surface area contributed by atoms with Crippen molar-refractivity contribution < 1.29 is 19.1 Å². The minimum absolute atomic E-state index is 0.215. The highest BCUT2D eigenvalue weighted by Gasteiger charge is 2.38. The van der Waals surface area contributed by atoms with Crippen molar-refractivity contribution in [3.8, 4) is 18.4 Å². The Morgan fingerprint density at radius 2 is 1.68 bits per heavy atom. The van der Waals surface area contributed by atoms with Gasteiger partial charge >= 0.3 is 6.09 Å². The summed E-state index contributed by atoms with van der Waals surface area (Å²) in [6.07, 6.45) is 4.94. The first-order valence-corrected chi connectivity index (χ1v) is 12.0. The van der Waals surface area contributed by atoms with Crippen LogP contribution < -0.4 is 10.6 Å². The fourth-order valence-corrected chi connectivity index (χ4v) is 3.70. The van der Waals surface area contributed by atoms with Crippen LogP contribution in [0.1, 0.15) is 57.4 Å². The molecule has 0 radical (unpaired) electrons. The molecule has 2 atom stereocenters. The van der Waals surface area contributed by atoms with E-state index in [9.17, 15) is 19.6 Å². The lowest BCUT2D eigenvalue weighted by atomic mass is 9.96. The number of alkyl carbamates (subject to hydrolysis) is 1. The van der Waals surface area contributed by atoms with Gasteiger partial charge in [0.05, 0.1) is 6.07 Å². The van der Waals surface area contributed by atoms with E-state index in [4.69, 9.17) is 11.2 Å². The Balaban J connectivity index is 2.48. The van der Waals surface area contributed by atoms with E-state index in [1.807, 2.05) is 36.4 Å². The van der Waals surface area contributed by atoms with Gasteiger partial charge in [-0.05, 0) is 43.9 Å². The zero-order valence-electron chi connectivity index (χ0n) is 21.9. The lowest BCUT2D eigenvalue weighted by molar-refractivity contribution is -0.142. The number of hydrogen-bond acceptors (Lipinski definition) is 5. The van der Waals surface area contributed by atoms with E-state index in [1.165, 1.54) is 0 Å². The Labute approximate surface area is 219 Å². The molecule has 0 fully saturated rings. The molecule has 0 saturated carbocycles. The van der Waals surface area contributed by atoms with Crippen LogP contribution in [0.3, 0.4) is 0 Å². The second kappa shape index (κ2) is 13.1. The molecule has 37 heavy (non-hydrogen) atoms. The molecule has 2 rings (SSSR count). The van der Waals surface area contributed by atoms with Crippen molar-refractivity contribution >= 4 is 17.9 Å². The van der Waals surface area contributed by atoms with Crippen LogP contribution in [0.5, 0.6) is 0 Å². The summed E-state index contributed by atoms with van der Waals surface area (Å²) in [5.41, 5.74) is 0.912. The maximum atomic E-state index is 13.8. The van der Waals surface area contributed by atoms with Gasteiger partial charge in [-0.15, -0.1) is 6.42 Å². The first kappa shape index (κ1) is 28.9. The summed E-state index contributed by atoms with van der Waals surface area (Å²) in [7, 11) is 0. The van der Waals surface area contributed by atoms with Gasteiger partial charge in [-0.25, -0.2) is 4.79 Å². The number of ether oxygens (including phenoxy) is 1. The molecule has 0 saturated heterocycles. The third kappa shape index (κ3) is 8.40. The van der Waals surface area contributed by atoms with Gasteiger partial charge in [-0.1, -0.05) is 68.3 Å². The van der Waals surface area contributed by atoms with Crippen molar-refractivity contribution in [1.82, 2.24) is 15.5 Å². The van der Waals surface area contributed by atoms with Crippen molar-refractivity contribution in [3.63, 3.8) is 0 Å². The van der Waals surface area contributed by atoms with E-state index in [1.54, 1.807) is 58.9 Å². The third-order valence-corrected chi connectivity index (χ3v) is 5.41. The van der Waals surface area contributed by atoms with Crippen LogP contribution in [0.15, 0.2) is 54.6 Å². The Morgan fingerprint density at radius 3 is 2.24 bits per heavy atom. The van der Waals surface area contributed by atoms with Crippen LogP contribution in [-0.2, 0) is 20.9 Å². The summed E-state index contributed by atoms with van der Waals surface area (Å²) in [6.45, 7) is 8.46. The summed E-state index contributed by atoms with van der Waals surface area (Å²) in [5.74, 6) is 1.09.